The van der Waals surface area contributed by atoms with Crippen LogP contribution in [0, 0.1) is 23.2 Å². The maximum Gasteiger partial charge on any atom is 0.240 e. The summed E-state index contributed by atoms with van der Waals surface area (Å²) >= 11 is 0. The lowest BCUT2D eigenvalue weighted by molar-refractivity contribution is -0.135. The van der Waals surface area contributed by atoms with E-state index < -0.39 is 0 Å². The number of benzene rings is 1. The van der Waals surface area contributed by atoms with Crippen molar-refractivity contribution in [2.75, 3.05) is 0 Å². The smallest absolute Gasteiger partial charge is 0.240 e. The topological polar surface area (TPSA) is 78.5 Å². The molecular weight excluding hydrogens is 390 g/mol. The molecule has 0 radical (unpaired) electrons. The lowest BCUT2D eigenvalue weighted by Crippen LogP contribution is -2.50. The van der Waals surface area contributed by atoms with E-state index in [-0.39, 0.29) is 35.6 Å². The van der Waals surface area contributed by atoms with Gasteiger partial charge in [0.2, 0.25) is 17.7 Å². The molecule has 1 aromatic carbocycles. The molecule has 6 nitrogen and oxygen atoms in total. The predicted molar refractivity (Wildman–Crippen MR) is 117 cm³/mol. The van der Waals surface area contributed by atoms with E-state index >= 15 is 0 Å². The molecule has 0 aromatic heterocycles. The Balaban J connectivity index is 1.18. The molecule has 3 amide bonds. The fraction of sp³-hybridized carbons (Fsp3) is 0.560. The van der Waals surface area contributed by atoms with Crippen LogP contribution in [0.4, 0.5) is 0 Å². The van der Waals surface area contributed by atoms with Crippen LogP contribution in [0.25, 0.3) is 6.08 Å². The first-order chi connectivity index (χ1) is 14.9. The minimum absolute atomic E-state index is 0.0948. The first-order valence-corrected chi connectivity index (χ1v) is 11.5. The van der Waals surface area contributed by atoms with Crippen molar-refractivity contribution in [1.82, 2.24) is 15.8 Å². The number of carbonyl (C=O) groups is 3. The van der Waals surface area contributed by atoms with Crippen molar-refractivity contribution >= 4 is 23.8 Å². The molecule has 1 atom stereocenters. The maximum atomic E-state index is 12.7. The number of rotatable bonds is 4. The van der Waals surface area contributed by atoms with Gasteiger partial charge in [-0.25, -0.2) is 0 Å². The zero-order valence-electron chi connectivity index (χ0n) is 18.1. The monoisotopic (exact) mass is 421 g/mol. The summed E-state index contributed by atoms with van der Waals surface area (Å²) in [6, 6.07) is 7.39. The average Bonchev–Trinajstić information content (AvgIpc) is 2.71. The SMILES string of the molecule is CC(=O)N1C=Cc2ccccc2[C@@H]1CC(=O)NNC(=O)CC12CC3CC(CC(C3)C1)C2. The van der Waals surface area contributed by atoms with E-state index in [1.54, 1.807) is 11.1 Å². The van der Waals surface area contributed by atoms with Crippen LogP contribution in [-0.2, 0) is 14.4 Å². The lowest BCUT2D eigenvalue weighted by atomic mass is 9.49. The molecule has 4 aliphatic carbocycles. The van der Waals surface area contributed by atoms with Crippen molar-refractivity contribution in [1.29, 1.82) is 0 Å². The van der Waals surface area contributed by atoms with Gasteiger partial charge in [-0.1, -0.05) is 24.3 Å². The third kappa shape index (κ3) is 4.00. The maximum absolute atomic E-state index is 12.7. The summed E-state index contributed by atoms with van der Waals surface area (Å²) in [6.45, 7) is 1.50. The van der Waals surface area contributed by atoms with Crippen LogP contribution in [-0.4, -0.2) is 22.6 Å². The Bertz CT molecular complexity index is 902. The van der Waals surface area contributed by atoms with E-state index in [2.05, 4.69) is 10.9 Å². The van der Waals surface area contributed by atoms with Crippen molar-refractivity contribution in [3.8, 4) is 0 Å². The summed E-state index contributed by atoms with van der Waals surface area (Å²) < 4.78 is 0. The van der Waals surface area contributed by atoms with Gasteiger partial charge >= 0.3 is 0 Å². The van der Waals surface area contributed by atoms with Crippen LogP contribution in [0.15, 0.2) is 30.5 Å². The minimum Gasteiger partial charge on any atom is -0.311 e. The number of nitrogens with one attached hydrogen (secondary N) is 2. The highest BCUT2D eigenvalue weighted by molar-refractivity contribution is 5.84. The second-order valence-corrected chi connectivity index (χ2v) is 10.3. The summed E-state index contributed by atoms with van der Waals surface area (Å²) in [5.74, 6) is 1.89. The molecule has 164 valence electrons. The molecule has 4 bridgehead atoms. The summed E-state index contributed by atoms with van der Waals surface area (Å²) in [5, 5.41) is 0. The third-order valence-electron chi connectivity index (χ3n) is 7.89. The highest BCUT2D eigenvalue weighted by atomic mass is 16.2. The molecule has 0 saturated heterocycles. The van der Waals surface area contributed by atoms with Crippen LogP contribution in [0.5, 0.6) is 0 Å². The lowest BCUT2D eigenvalue weighted by Gasteiger charge is -2.56. The number of amides is 3. The van der Waals surface area contributed by atoms with Crippen molar-refractivity contribution in [3.05, 3.63) is 41.6 Å². The summed E-state index contributed by atoms with van der Waals surface area (Å²) in [7, 11) is 0. The Morgan fingerprint density at radius 3 is 2.23 bits per heavy atom. The van der Waals surface area contributed by atoms with Gasteiger partial charge in [0, 0.05) is 19.5 Å². The van der Waals surface area contributed by atoms with Gasteiger partial charge in [-0.2, -0.15) is 0 Å². The molecule has 6 rings (SSSR count). The number of hydrazine groups is 1. The van der Waals surface area contributed by atoms with E-state index in [1.165, 1.54) is 45.4 Å². The average molecular weight is 422 g/mol. The van der Waals surface area contributed by atoms with Crippen molar-refractivity contribution < 1.29 is 14.4 Å². The van der Waals surface area contributed by atoms with E-state index in [0.717, 1.165) is 28.9 Å². The normalized spacial score (nSPS) is 32.5. The molecule has 0 unspecified atom stereocenters. The fourth-order valence-corrected chi connectivity index (χ4v) is 7.17. The summed E-state index contributed by atoms with van der Waals surface area (Å²) in [6.07, 6.45) is 11.8. The molecule has 1 heterocycles. The van der Waals surface area contributed by atoms with Crippen LogP contribution >= 0.6 is 0 Å². The fourth-order valence-electron chi connectivity index (χ4n) is 7.17. The van der Waals surface area contributed by atoms with Gasteiger partial charge < -0.3 is 4.90 Å². The summed E-state index contributed by atoms with van der Waals surface area (Å²) in [4.78, 5) is 39.0. The van der Waals surface area contributed by atoms with Gasteiger partial charge in [0.15, 0.2) is 0 Å². The van der Waals surface area contributed by atoms with E-state index in [1.807, 2.05) is 30.3 Å². The number of carbonyl (C=O) groups excluding carboxylic acids is 3. The Morgan fingerprint density at radius 1 is 0.968 bits per heavy atom. The van der Waals surface area contributed by atoms with E-state index in [9.17, 15) is 14.4 Å². The predicted octanol–water partition coefficient (Wildman–Crippen LogP) is 3.70. The Hall–Kier alpha value is -2.63. The Morgan fingerprint density at radius 2 is 1.58 bits per heavy atom. The second-order valence-electron chi connectivity index (χ2n) is 10.3. The van der Waals surface area contributed by atoms with E-state index in [4.69, 9.17) is 0 Å². The number of hydrogen-bond donors (Lipinski definition) is 2. The standard InChI is InChI=1S/C25H31N3O3/c1-16(29)28-7-6-20-4-2-3-5-21(20)22(28)11-23(30)26-27-24(31)15-25-12-17-8-18(13-25)10-19(9-17)14-25/h2-7,17-19,22H,8-15H2,1H3,(H,26,30)(H,27,31)/t17?,18?,19?,22-,25?/m0/s1. The number of nitrogens with zero attached hydrogens (tertiary/aromatic N) is 1. The van der Waals surface area contributed by atoms with E-state index in [0.29, 0.717) is 6.42 Å². The first-order valence-electron chi connectivity index (χ1n) is 11.5. The van der Waals surface area contributed by atoms with Gasteiger partial charge in [-0.15, -0.1) is 0 Å². The molecule has 6 heteroatoms. The van der Waals surface area contributed by atoms with Gasteiger partial charge in [-0.3, -0.25) is 25.2 Å². The van der Waals surface area contributed by atoms with Crippen LogP contribution in [0.3, 0.4) is 0 Å². The number of hydrogen-bond acceptors (Lipinski definition) is 3. The van der Waals surface area contributed by atoms with Gasteiger partial charge in [-0.05, 0) is 78.9 Å². The number of fused-ring (bicyclic) bond motifs is 1. The van der Waals surface area contributed by atoms with Crippen LogP contribution in [0.2, 0.25) is 0 Å². The molecule has 2 N–H and O–H groups in total. The zero-order valence-corrected chi connectivity index (χ0v) is 18.1. The third-order valence-corrected chi connectivity index (χ3v) is 7.89. The Kier molecular flexibility index (Phi) is 5.11. The van der Waals surface area contributed by atoms with Crippen molar-refractivity contribution in [2.45, 2.75) is 64.3 Å². The van der Waals surface area contributed by atoms with Gasteiger partial charge in [0.05, 0.1) is 12.5 Å². The summed E-state index contributed by atoms with van der Waals surface area (Å²) in [5.41, 5.74) is 7.34. The van der Waals surface area contributed by atoms with Crippen LogP contribution < -0.4 is 10.9 Å². The van der Waals surface area contributed by atoms with Crippen molar-refractivity contribution in [2.24, 2.45) is 23.2 Å². The minimum atomic E-state index is -0.376. The molecule has 4 saturated carbocycles. The molecule has 1 aromatic rings. The molecular formula is C25H31N3O3. The highest BCUT2D eigenvalue weighted by Gasteiger charge is 2.51. The second kappa shape index (κ2) is 7.81. The molecule has 31 heavy (non-hydrogen) atoms. The molecule has 5 aliphatic rings. The molecule has 4 fully saturated rings. The highest BCUT2D eigenvalue weighted by Crippen LogP contribution is 2.61. The largest absolute Gasteiger partial charge is 0.311 e. The Labute approximate surface area is 183 Å². The van der Waals surface area contributed by atoms with Gasteiger partial charge in [0.1, 0.15) is 0 Å². The van der Waals surface area contributed by atoms with Gasteiger partial charge in [0.25, 0.3) is 0 Å². The zero-order chi connectivity index (χ0) is 21.6. The van der Waals surface area contributed by atoms with Crippen LogP contribution in [0.1, 0.15) is 75.5 Å². The van der Waals surface area contributed by atoms with Crippen molar-refractivity contribution in [3.63, 3.8) is 0 Å². The quantitative estimate of drug-likeness (QED) is 0.728. The molecule has 1 aliphatic heterocycles. The first kappa shape index (κ1) is 20.3. The molecule has 0 spiro atoms.